The van der Waals surface area contributed by atoms with Gasteiger partial charge in [0.05, 0.1) is 23.5 Å². The fraction of sp³-hybridized carbons (Fsp3) is 0.667. The first-order chi connectivity index (χ1) is 8.51. The van der Waals surface area contributed by atoms with Crippen LogP contribution in [0.5, 0.6) is 0 Å². The molecule has 0 aliphatic carbocycles. The third-order valence-electron chi connectivity index (χ3n) is 3.12. The summed E-state index contributed by atoms with van der Waals surface area (Å²) in [6.07, 6.45) is 1.71. The van der Waals surface area contributed by atoms with Crippen LogP contribution in [0.1, 0.15) is 23.0 Å². The number of rotatable bonds is 2. The predicted octanol–water partition coefficient (Wildman–Crippen LogP) is -0.0833. The third kappa shape index (κ3) is 2.54. The monoisotopic (exact) mass is 252 g/mol. The molecule has 6 heteroatoms. The molecular weight excluding hydrogens is 232 g/mol. The van der Waals surface area contributed by atoms with Crippen LogP contribution >= 0.6 is 0 Å². The van der Waals surface area contributed by atoms with Crippen molar-refractivity contribution in [1.29, 1.82) is 0 Å². The second-order valence-electron chi connectivity index (χ2n) is 4.82. The number of hydrogen-bond donors (Lipinski definition) is 1. The molecule has 1 aromatic rings. The number of aromatic nitrogens is 2. The summed E-state index contributed by atoms with van der Waals surface area (Å²) >= 11 is 0. The first kappa shape index (κ1) is 13.0. The fourth-order valence-electron chi connectivity index (χ4n) is 2.32. The van der Waals surface area contributed by atoms with E-state index < -0.39 is 0 Å². The third-order valence-corrected chi connectivity index (χ3v) is 3.12. The number of carbonyl (C=O) groups is 1. The second kappa shape index (κ2) is 5.07. The van der Waals surface area contributed by atoms with Crippen molar-refractivity contribution in [2.75, 3.05) is 19.6 Å². The van der Waals surface area contributed by atoms with E-state index in [-0.39, 0.29) is 18.1 Å². The Morgan fingerprint density at radius 2 is 2.33 bits per heavy atom. The van der Waals surface area contributed by atoms with Gasteiger partial charge in [0, 0.05) is 32.9 Å². The maximum absolute atomic E-state index is 12.4. The Morgan fingerprint density at radius 1 is 1.61 bits per heavy atom. The predicted molar refractivity (Wildman–Crippen MR) is 67.2 cm³/mol. The lowest BCUT2D eigenvalue weighted by atomic mass is 10.1. The highest BCUT2D eigenvalue weighted by Crippen LogP contribution is 2.15. The standard InChI is InChI=1S/C12H20N4O2/c1-8-5-16(6-10(4-13)18-8)12(17)11-7-15(3)14-9(11)2/h7-8,10H,4-6,13H2,1-3H3. The molecule has 0 radical (unpaired) electrons. The van der Waals surface area contributed by atoms with Crippen LogP contribution in [0.4, 0.5) is 0 Å². The van der Waals surface area contributed by atoms with Gasteiger partial charge in [-0.05, 0) is 13.8 Å². The number of nitrogens with zero attached hydrogens (tertiary/aromatic N) is 3. The van der Waals surface area contributed by atoms with Crippen LogP contribution in [0.25, 0.3) is 0 Å². The molecule has 18 heavy (non-hydrogen) atoms. The summed E-state index contributed by atoms with van der Waals surface area (Å²) in [5.74, 6) is 0.00852. The zero-order valence-electron chi connectivity index (χ0n) is 11.1. The van der Waals surface area contributed by atoms with Crippen LogP contribution in [0.2, 0.25) is 0 Å². The van der Waals surface area contributed by atoms with Crippen molar-refractivity contribution in [1.82, 2.24) is 14.7 Å². The minimum atomic E-state index is -0.0744. The van der Waals surface area contributed by atoms with Crippen molar-refractivity contribution < 1.29 is 9.53 Å². The van der Waals surface area contributed by atoms with Crippen molar-refractivity contribution in [2.45, 2.75) is 26.1 Å². The summed E-state index contributed by atoms with van der Waals surface area (Å²) < 4.78 is 7.31. The molecule has 0 saturated carbocycles. The number of hydrogen-bond acceptors (Lipinski definition) is 4. The van der Waals surface area contributed by atoms with Gasteiger partial charge >= 0.3 is 0 Å². The Balaban J connectivity index is 2.15. The van der Waals surface area contributed by atoms with Crippen LogP contribution < -0.4 is 5.73 Å². The van der Waals surface area contributed by atoms with E-state index in [0.717, 1.165) is 5.69 Å². The second-order valence-corrected chi connectivity index (χ2v) is 4.82. The Morgan fingerprint density at radius 3 is 2.89 bits per heavy atom. The first-order valence-electron chi connectivity index (χ1n) is 6.16. The van der Waals surface area contributed by atoms with Crippen molar-refractivity contribution in [3.8, 4) is 0 Å². The SMILES string of the molecule is Cc1nn(C)cc1C(=O)N1CC(C)OC(CN)C1. The minimum Gasteiger partial charge on any atom is -0.370 e. The fourth-order valence-corrected chi connectivity index (χ4v) is 2.32. The molecule has 1 fully saturated rings. The van der Waals surface area contributed by atoms with Gasteiger partial charge in [0.15, 0.2) is 0 Å². The molecule has 1 aromatic heterocycles. The highest BCUT2D eigenvalue weighted by atomic mass is 16.5. The van der Waals surface area contributed by atoms with Crippen LogP contribution in [0, 0.1) is 6.92 Å². The van der Waals surface area contributed by atoms with Gasteiger partial charge < -0.3 is 15.4 Å². The van der Waals surface area contributed by atoms with E-state index in [0.29, 0.717) is 25.2 Å². The molecule has 2 atom stereocenters. The van der Waals surface area contributed by atoms with E-state index in [9.17, 15) is 4.79 Å². The molecule has 6 nitrogen and oxygen atoms in total. The van der Waals surface area contributed by atoms with E-state index in [1.165, 1.54) is 0 Å². The van der Waals surface area contributed by atoms with Crippen molar-refractivity contribution in [3.63, 3.8) is 0 Å². The van der Waals surface area contributed by atoms with Gasteiger partial charge in [0.25, 0.3) is 5.91 Å². The van der Waals surface area contributed by atoms with E-state index >= 15 is 0 Å². The number of carbonyl (C=O) groups excluding carboxylic acids is 1. The Labute approximate surface area is 107 Å². The molecule has 0 spiro atoms. The molecule has 1 aliphatic heterocycles. The molecule has 2 heterocycles. The smallest absolute Gasteiger partial charge is 0.257 e. The van der Waals surface area contributed by atoms with Crippen LogP contribution in [-0.2, 0) is 11.8 Å². The molecule has 1 saturated heterocycles. The van der Waals surface area contributed by atoms with Gasteiger partial charge in [-0.2, -0.15) is 5.10 Å². The quantitative estimate of drug-likeness (QED) is 0.799. The number of amides is 1. The summed E-state index contributed by atoms with van der Waals surface area (Å²) in [4.78, 5) is 14.2. The van der Waals surface area contributed by atoms with E-state index in [4.69, 9.17) is 10.5 Å². The number of aryl methyl sites for hydroxylation is 2. The number of morpholine rings is 1. The normalized spacial score (nSPS) is 24.3. The maximum atomic E-state index is 12.4. The van der Waals surface area contributed by atoms with Crippen LogP contribution in [0.15, 0.2) is 6.20 Å². The van der Waals surface area contributed by atoms with Crippen LogP contribution in [-0.4, -0.2) is 52.4 Å². The van der Waals surface area contributed by atoms with Gasteiger partial charge in [0.2, 0.25) is 0 Å². The van der Waals surface area contributed by atoms with E-state index in [1.54, 1.807) is 15.8 Å². The molecule has 0 aromatic carbocycles. The topological polar surface area (TPSA) is 73.4 Å². The molecule has 2 rings (SSSR count). The van der Waals surface area contributed by atoms with Crippen molar-refractivity contribution in [3.05, 3.63) is 17.5 Å². The zero-order chi connectivity index (χ0) is 13.3. The lowest BCUT2D eigenvalue weighted by Gasteiger charge is -2.36. The van der Waals surface area contributed by atoms with Crippen molar-refractivity contribution in [2.24, 2.45) is 12.8 Å². The van der Waals surface area contributed by atoms with E-state index in [1.807, 2.05) is 20.9 Å². The minimum absolute atomic E-state index is 0.00852. The molecule has 2 unspecified atom stereocenters. The molecular formula is C12H20N4O2. The van der Waals surface area contributed by atoms with E-state index in [2.05, 4.69) is 5.10 Å². The molecule has 1 aliphatic rings. The Bertz CT molecular complexity index is 443. The summed E-state index contributed by atoms with van der Waals surface area (Å²) in [5.41, 5.74) is 7.03. The Kier molecular flexibility index (Phi) is 3.68. The number of nitrogens with two attached hydrogens (primary N) is 1. The molecule has 2 N–H and O–H groups in total. The average molecular weight is 252 g/mol. The zero-order valence-corrected chi connectivity index (χ0v) is 11.1. The highest BCUT2D eigenvalue weighted by Gasteiger charge is 2.29. The highest BCUT2D eigenvalue weighted by molar-refractivity contribution is 5.95. The summed E-state index contributed by atoms with van der Waals surface area (Å²) in [6.45, 7) is 5.38. The largest absolute Gasteiger partial charge is 0.370 e. The van der Waals surface area contributed by atoms with Gasteiger partial charge in [0.1, 0.15) is 0 Å². The summed E-state index contributed by atoms with van der Waals surface area (Å²) in [6, 6.07) is 0. The summed E-state index contributed by atoms with van der Waals surface area (Å²) in [5, 5.41) is 4.20. The van der Waals surface area contributed by atoms with Gasteiger partial charge in [-0.15, -0.1) is 0 Å². The number of ether oxygens (including phenoxy) is 1. The molecule has 1 amide bonds. The summed E-state index contributed by atoms with van der Waals surface area (Å²) in [7, 11) is 1.81. The van der Waals surface area contributed by atoms with Crippen molar-refractivity contribution >= 4 is 5.91 Å². The maximum Gasteiger partial charge on any atom is 0.257 e. The molecule has 100 valence electrons. The van der Waals surface area contributed by atoms with Crippen LogP contribution in [0.3, 0.4) is 0 Å². The lowest BCUT2D eigenvalue weighted by molar-refractivity contribution is -0.0626. The van der Waals surface area contributed by atoms with Gasteiger partial charge in [-0.1, -0.05) is 0 Å². The van der Waals surface area contributed by atoms with Gasteiger partial charge in [-0.25, -0.2) is 0 Å². The lowest BCUT2D eigenvalue weighted by Crippen LogP contribution is -2.51. The first-order valence-corrected chi connectivity index (χ1v) is 6.16. The average Bonchev–Trinajstić information content (AvgIpc) is 2.66. The van der Waals surface area contributed by atoms with Gasteiger partial charge in [-0.3, -0.25) is 9.48 Å². The molecule has 0 bridgehead atoms. The Hall–Kier alpha value is -1.40.